The lowest BCUT2D eigenvalue weighted by Crippen LogP contribution is -2.13. The van der Waals surface area contributed by atoms with E-state index < -0.39 is 12.5 Å². The summed E-state index contributed by atoms with van der Waals surface area (Å²) in [6, 6.07) is 10.3. The number of para-hydroxylation sites is 2. The van der Waals surface area contributed by atoms with Crippen LogP contribution < -0.4 is 10.1 Å². The van der Waals surface area contributed by atoms with Crippen molar-refractivity contribution in [2.75, 3.05) is 5.32 Å². The van der Waals surface area contributed by atoms with Crippen molar-refractivity contribution in [1.82, 2.24) is 0 Å². The van der Waals surface area contributed by atoms with Gasteiger partial charge in [-0.05, 0) is 52.9 Å². The molecule has 2 aromatic rings. The minimum absolute atomic E-state index is 0.0274. The van der Waals surface area contributed by atoms with Crippen LogP contribution in [-0.4, -0.2) is 17.6 Å². The lowest BCUT2D eigenvalue weighted by molar-refractivity contribution is -0.0493. The summed E-state index contributed by atoms with van der Waals surface area (Å²) < 4.78 is 29.5. The maximum Gasteiger partial charge on any atom is 0.387 e. The zero-order chi connectivity index (χ0) is 15.4. The highest BCUT2D eigenvalue weighted by Gasteiger charge is 2.13. The van der Waals surface area contributed by atoms with Crippen molar-refractivity contribution in [1.29, 1.82) is 0 Å². The van der Waals surface area contributed by atoms with E-state index in [1.54, 1.807) is 12.1 Å². The van der Waals surface area contributed by atoms with Gasteiger partial charge in [0.1, 0.15) is 11.5 Å². The number of carbonyl (C=O) groups is 1. The fourth-order valence-corrected chi connectivity index (χ4v) is 1.95. The number of hydrogen-bond donors (Lipinski definition) is 2. The van der Waals surface area contributed by atoms with E-state index in [9.17, 15) is 18.7 Å². The molecule has 0 aliphatic rings. The number of aromatic hydroxyl groups is 1. The van der Waals surface area contributed by atoms with Gasteiger partial charge in [-0.3, -0.25) is 4.79 Å². The number of amides is 1. The van der Waals surface area contributed by atoms with Gasteiger partial charge in [-0.25, -0.2) is 0 Å². The van der Waals surface area contributed by atoms with Gasteiger partial charge in [0.05, 0.1) is 9.26 Å². The van der Waals surface area contributed by atoms with E-state index in [0.717, 1.165) is 0 Å². The molecule has 2 rings (SSSR count). The third-order valence-corrected chi connectivity index (χ3v) is 3.47. The van der Waals surface area contributed by atoms with Crippen molar-refractivity contribution >= 4 is 34.2 Å². The molecular weight excluding hydrogens is 395 g/mol. The zero-order valence-electron chi connectivity index (χ0n) is 10.5. The Morgan fingerprint density at radius 1 is 1.24 bits per heavy atom. The Labute approximate surface area is 132 Å². The van der Waals surface area contributed by atoms with Gasteiger partial charge >= 0.3 is 6.61 Å². The number of anilines is 1. The largest absolute Gasteiger partial charge is 0.507 e. The molecule has 0 aliphatic carbocycles. The molecule has 2 N–H and O–H groups in total. The molecule has 0 aliphatic heterocycles. The predicted octanol–water partition coefficient (Wildman–Crippen LogP) is 3.85. The molecule has 0 spiro atoms. The second-order valence-electron chi connectivity index (χ2n) is 3.99. The first-order chi connectivity index (χ1) is 9.97. The van der Waals surface area contributed by atoms with E-state index in [2.05, 4.69) is 10.1 Å². The highest BCUT2D eigenvalue weighted by atomic mass is 127. The Kier molecular flexibility index (Phi) is 4.94. The molecule has 110 valence electrons. The summed E-state index contributed by atoms with van der Waals surface area (Å²) in [7, 11) is 0. The molecule has 0 saturated heterocycles. The maximum absolute atomic E-state index is 12.3. The monoisotopic (exact) mass is 405 g/mol. The fraction of sp³-hybridized carbons (Fsp3) is 0.0714. The van der Waals surface area contributed by atoms with Crippen molar-refractivity contribution < 1.29 is 23.4 Å². The molecule has 21 heavy (non-hydrogen) atoms. The average molecular weight is 405 g/mol. The molecule has 1 amide bonds. The summed E-state index contributed by atoms with van der Waals surface area (Å²) in [5.41, 5.74) is 0.334. The predicted molar refractivity (Wildman–Crippen MR) is 81.9 cm³/mol. The maximum atomic E-state index is 12.3. The molecule has 0 bridgehead atoms. The van der Waals surface area contributed by atoms with E-state index in [4.69, 9.17) is 0 Å². The highest BCUT2D eigenvalue weighted by Crippen LogP contribution is 2.27. The molecule has 4 nitrogen and oxygen atoms in total. The second-order valence-corrected chi connectivity index (χ2v) is 5.16. The molecular formula is C14H10F2INO3. The van der Waals surface area contributed by atoms with Crippen molar-refractivity contribution in [3.05, 3.63) is 51.6 Å². The van der Waals surface area contributed by atoms with Crippen LogP contribution in [0.25, 0.3) is 0 Å². The topological polar surface area (TPSA) is 58.6 Å². The van der Waals surface area contributed by atoms with Crippen LogP contribution in [0.15, 0.2) is 42.5 Å². The third-order valence-electron chi connectivity index (χ3n) is 2.56. The minimum atomic E-state index is -2.98. The van der Waals surface area contributed by atoms with Crippen LogP contribution in [0.3, 0.4) is 0 Å². The van der Waals surface area contributed by atoms with Gasteiger partial charge in [0.25, 0.3) is 5.91 Å². The Bertz CT molecular complexity index is 664. The van der Waals surface area contributed by atoms with E-state index >= 15 is 0 Å². The molecule has 7 heteroatoms. The van der Waals surface area contributed by atoms with Gasteiger partial charge in [0.15, 0.2) is 0 Å². The molecule has 0 heterocycles. The lowest BCUT2D eigenvalue weighted by Gasteiger charge is -2.11. The van der Waals surface area contributed by atoms with Crippen LogP contribution in [-0.2, 0) is 0 Å². The van der Waals surface area contributed by atoms with Crippen LogP contribution in [0.5, 0.6) is 11.5 Å². The summed E-state index contributed by atoms with van der Waals surface area (Å²) in [5, 5.41) is 12.0. The Morgan fingerprint density at radius 2 is 1.95 bits per heavy atom. The number of alkyl halides is 2. The minimum Gasteiger partial charge on any atom is -0.507 e. The van der Waals surface area contributed by atoms with Crippen LogP contribution >= 0.6 is 22.6 Å². The molecule has 0 aromatic heterocycles. The van der Waals surface area contributed by atoms with Gasteiger partial charge in [0.2, 0.25) is 0 Å². The van der Waals surface area contributed by atoms with Gasteiger partial charge < -0.3 is 15.2 Å². The van der Waals surface area contributed by atoms with E-state index in [-0.39, 0.29) is 22.7 Å². The Hall–Kier alpha value is -1.90. The van der Waals surface area contributed by atoms with Crippen molar-refractivity contribution in [2.45, 2.75) is 6.61 Å². The number of benzene rings is 2. The first-order valence-corrected chi connectivity index (χ1v) is 6.89. The van der Waals surface area contributed by atoms with Crippen LogP contribution in [0.1, 0.15) is 10.4 Å². The average Bonchev–Trinajstić information content (AvgIpc) is 2.43. The summed E-state index contributed by atoms with van der Waals surface area (Å²) in [4.78, 5) is 12.0. The third kappa shape index (κ3) is 4.03. The van der Waals surface area contributed by atoms with Crippen LogP contribution in [0, 0.1) is 3.57 Å². The molecule has 0 fully saturated rings. The number of phenolic OH excluding ortho intramolecular Hbond substituents is 1. The number of halogens is 3. The smallest absolute Gasteiger partial charge is 0.387 e. The molecule has 0 unspecified atom stereocenters. The summed E-state index contributed by atoms with van der Waals surface area (Å²) in [6.07, 6.45) is 0. The van der Waals surface area contributed by atoms with E-state index in [1.165, 1.54) is 30.3 Å². The summed E-state index contributed by atoms with van der Waals surface area (Å²) >= 11 is 1.92. The number of ether oxygens (including phenoxy) is 1. The molecule has 0 radical (unpaired) electrons. The first kappa shape index (κ1) is 15.5. The number of phenols is 1. The van der Waals surface area contributed by atoms with Crippen LogP contribution in [0.2, 0.25) is 0 Å². The Balaban J connectivity index is 2.21. The van der Waals surface area contributed by atoms with E-state index in [1.807, 2.05) is 22.6 Å². The normalized spacial score (nSPS) is 10.5. The quantitative estimate of drug-likeness (QED) is 0.760. The molecule has 2 aromatic carbocycles. The van der Waals surface area contributed by atoms with Gasteiger partial charge in [-0.1, -0.05) is 12.1 Å². The molecule has 0 saturated carbocycles. The first-order valence-electron chi connectivity index (χ1n) is 5.81. The van der Waals surface area contributed by atoms with Crippen molar-refractivity contribution in [3.8, 4) is 11.5 Å². The van der Waals surface area contributed by atoms with Crippen LogP contribution in [0.4, 0.5) is 14.5 Å². The number of nitrogens with one attached hydrogen (secondary N) is 1. The van der Waals surface area contributed by atoms with Crippen molar-refractivity contribution in [2.24, 2.45) is 0 Å². The number of rotatable bonds is 4. The zero-order valence-corrected chi connectivity index (χ0v) is 12.7. The lowest BCUT2D eigenvalue weighted by atomic mass is 10.2. The second kappa shape index (κ2) is 6.70. The molecule has 0 atom stereocenters. The highest BCUT2D eigenvalue weighted by molar-refractivity contribution is 14.1. The summed E-state index contributed by atoms with van der Waals surface area (Å²) in [5.74, 6) is -0.692. The fourth-order valence-electron chi connectivity index (χ4n) is 1.62. The van der Waals surface area contributed by atoms with Gasteiger partial charge in [0, 0.05) is 5.56 Å². The van der Waals surface area contributed by atoms with Gasteiger partial charge in [-0.2, -0.15) is 8.78 Å². The standard InChI is InChI=1S/C14H10F2INO3/c15-14(16)21-12-4-2-1-3-10(12)18-13(20)8-5-6-9(17)11(19)7-8/h1-7,14,19H,(H,18,20). The summed E-state index contributed by atoms with van der Waals surface area (Å²) in [6.45, 7) is -2.98. The number of carbonyl (C=O) groups excluding carboxylic acids is 1. The SMILES string of the molecule is O=C(Nc1ccccc1OC(F)F)c1ccc(I)c(O)c1. The van der Waals surface area contributed by atoms with Crippen molar-refractivity contribution in [3.63, 3.8) is 0 Å². The van der Waals surface area contributed by atoms with Gasteiger partial charge in [-0.15, -0.1) is 0 Å². The van der Waals surface area contributed by atoms with E-state index in [0.29, 0.717) is 3.57 Å². The Morgan fingerprint density at radius 3 is 2.62 bits per heavy atom. The number of hydrogen-bond acceptors (Lipinski definition) is 3.